The van der Waals surface area contributed by atoms with Gasteiger partial charge in [-0.25, -0.2) is 0 Å². The second-order valence-corrected chi connectivity index (χ2v) is 13.0. The van der Waals surface area contributed by atoms with Gasteiger partial charge in [0.25, 0.3) is 0 Å². The number of halogens is 2. The van der Waals surface area contributed by atoms with Crippen LogP contribution in [0.15, 0.2) is 40.9 Å². The van der Waals surface area contributed by atoms with Crippen molar-refractivity contribution in [2.45, 2.75) is 83.0 Å². The Balaban J connectivity index is 0.000000193. The summed E-state index contributed by atoms with van der Waals surface area (Å²) in [6.45, 7) is 2.05. The number of aromatic nitrogens is 4. The zero-order valence-electron chi connectivity index (χ0n) is 23.8. The van der Waals surface area contributed by atoms with Crippen LogP contribution in [0.2, 0.25) is 10.0 Å². The summed E-state index contributed by atoms with van der Waals surface area (Å²) in [6.07, 6.45) is 9.09. The van der Waals surface area contributed by atoms with Crippen molar-refractivity contribution in [3.63, 3.8) is 0 Å². The van der Waals surface area contributed by atoms with Crippen LogP contribution in [0.1, 0.15) is 90.2 Å². The first-order valence-corrected chi connectivity index (χ1v) is 16.1. The largest absolute Gasteiger partial charge is 0.370 e. The lowest BCUT2D eigenvalue weighted by molar-refractivity contribution is 0.105. The lowest BCUT2D eigenvalue weighted by atomic mass is 9.78. The van der Waals surface area contributed by atoms with Crippen molar-refractivity contribution in [3.05, 3.63) is 86.2 Å². The first-order chi connectivity index (χ1) is 21.0. The minimum Gasteiger partial charge on any atom is -0.370 e. The second-order valence-electron chi connectivity index (χ2n) is 11.6. The number of nitrogens with zero attached hydrogens (tertiary/aromatic N) is 4. The van der Waals surface area contributed by atoms with Gasteiger partial charge in [0.15, 0.2) is 5.82 Å². The van der Waals surface area contributed by atoms with Crippen molar-refractivity contribution in [2.24, 2.45) is 0 Å². The van der Waals surface area contributed by atoms with Gasteiger partial charge in [0.05, 0.1) is 31.2 Å². The van der Waals surface area contributed by atoms with Gasteiger partial charge in [0.1, 0.15) is 23.2 Å². The summed E-state index contributed by atoms with van der Waals surface area (Å²) in [4.78, 5) is 0.709. The molecule has 43 heavy (non-hydrogen) atoms. The summed E-state index contributed by atoms with van der Waals surface area (Å²) in [5.74, 6) is 3.96. The molecular formula is C32H33Cl2N5O3S. The van der Waals surface area contributed by atoms with Crippen molar-refractivity contribution in [3.8, 4) is 5.69 Å². The number of aryl methyl sites for hydroxylation is 1. The first-order valence-electron chi connectivity index (χ1n) is 15.0. The number of anilines is 1. The molecule has 0 saturated heterocycles. The lowest BCUT2D eigenvalue weighted by Gasteiger charge is -2.28. The van der Waals surface area contributed by atoms with Crippen LogP contribution < -0.4 is 5.32 Å². The van der Waals surface area contributed by atoms with Crippen LogP contribution in [0.3, 0.4) is 0 Å². The third-order valence-corrected chi connectivity index (χ3v) is 9.50. The standard InChI is InChI=1S/C23H25ClN4O2.C9H8ClNOS/c24-17-9-10-20-16(11-17)12-29-13-21-25-26-23(28(20)21)15-7-5-14(6-8-15)22-18-3-1-2-4-19(18)27-30-22;10-7-1-2-8-6(3-7)4-12-5-9(13)11-8/h9-11,14-15H,1-8,12-13H2;1-3H,4-5H2,(H,11,13)/t14-,15-;. The topological polar surface area (TPSA) is 87.2 Å². The van der Waals surface area contributed by atoms with Gasteiger partial charge in [-0.15, -0.1) is 10.2 Å². The molecule has 224 valence electrons. The number of thiocarbonyl (C=S) groups is 1. The third kappa shape index (κ3) is 6.11. The molecule has 8 rings (SSSR count). The molecule has 0 atom stereocenters. The highest BCUT2D eigenvalue weighted by Crippen LogP contribution is 2.43. The van der Waals surface area contributed by atoms with Crippen LogP contribution >= 0.6 is 35.4 Å². The monoisotopic (exact) mass is 637 g/mol. The van der Waals surface area contributed by atoms with Crippen molar-refractivity contribution in [1.29, 1.82) is 0 Å². The Morgan fingerprint density at radius 3 is 2.40 bits per heavy atom. The van der Waals surface area contributed by atoms with Crippen molar-refractivity contribution in [2.75, 3.05) is 11.9 Å². The van der Waals surface area contributed by atoms with Gasteiger partial charge in [-0.3, -0.25) is 4.57 Å². The fourth-order valence-electron chi connectivity index (χ4n) is 6.68. The van der Waals surface area contributed by atoms with E-state index >= 15 is 0 Å². The third-order valence-electron chi connectivity index (χ3n) is 8.81. The predicted molar refractivity (Wildman–Crippen MR) is 169 cm³/mol. The molecule has 1 saturated carbocycles. The first kappa shape index (κ1) is 28.9. The summed E-state index contributed by atoms with van der Waals surface area (Å²) in [6, 6.07) is 11.6. The van der Waals surface area contributed by atoms with Crippen LogP contribution in [-0.2, 0) is 42.1 Å². The molecule has 1 N–H and O–H groups in total. The highest BCUT2D eigenvalue weighted by atomic mass is 35.5. The number of benzene rings is 2. The van der Waals surface area contributed by atoms with E-state index in [9.17, 15) is 0 Å². The van der Waals surface area contributed by atoms with Crippen LogP contribution in [-0.4, -0.2) is 31.5 Å². The van der Waals surface area contributed by atoms with Crippen LogP contribution in [0.5, 0.6) is 0 Å². The summed E-state index contributed by atoms with van der Waals surface area (Å²) < 4.78 is 19.2. The molecule has 4 aliphatic rings. The van der Waals surface area contributed by atoms with E-state index < -0.39 is 0 Å². The summed E-state index contributed by atoms with van der Waals surface area (Å²) in [7, 11) is 0. The highest BCUT2D eigenvalue weighted by Gasteiger charge is 2.33. The maximum atomic E-state index is 6.22. The average Bonchev–Trinajstić information content (AvgIpc) is 3.53. The number of hydrogen-bond acceptors (Lipinski definition) is 7. The van der Waals surface area contributed by atoms with Crippen molar-refractivity contribution in [1.82, 2.24) is 19.9 Å². The Labute approximate surface area is 266 Å². The van der Waals surface area contributed by atoms with E-state index in [4.69, 9.17) is 49.4 Å². The second kappa shape index (κ2) is 12.7. The summed E-state index contributed by atoms with van der Waals surface area (Å²) >= 11 is 17.1. The molecule has 0 unspecified atom stereocenters. The number of rotatable bonds is 2. The van der Waals surface area contributed by atoms with Gasteiger partial charge in [-0.2, -0.15) is 0 Å². The van der Waals surface area contributed by atoms with E-state index in [1.165, 1.54) is 24.1 Å². The molecule has 0 radical (unpaired) electrons. The zero-order chi connectivity index (χ0) is 29.3. The number of hydrogen-bond donors (Lipinski definition) is 1. The van der Waals surface area contributed by atoms with Gasteiger partial charge in [-0.1, -0.05) is 40.6 Å². The predicted octanol–water partition coefficient (Wildman–Crippen LogP) is 7.87. The Bertz CT molecular complexity index is 1650. The van der Waals surface area contributed by atoms with Crippen molar-refractivity contribution < 1.29 is 14.0 Å². The van der Waals surface area contributed by atoms with Gasteiger partial charge in [0, 0.05) is 44.3 Å². The van der Waals surface area contributed by atoms with Crippen LogP contribution in [0, 0.1) is 0 Å². The Kier molecular flexibility index (Phi) is 8.51. The Morgan fingerprint density at radius 1 is 0.814 bits per heavy atom. The zero-order valence-corrected chi connectivity index (χ0v) is 26.1. The fourth-order valence-corrected chi connectivity index (χ4v) is 7.27. The van der Waals surface area contributed by atoms with Gasteiger partial charge >= 0.3 is 0 Å². The van der Waals surface area contributed by atoms with Crippen LogP contribution in [0.25, 0.3) is 5.69 Å². The van der Waals surface area contributed by atoms with E-state index in [-0.39, 0.29) is 0 Å². The normalized spacial score (nSPS) is 21.1. The number of ether oxygens (including phenoxy) is 2. The van der Waals surface area contributed by atoms with Crippen LogP contribution in [0.4, 0.5) is 5.69 Å². The quantitative estimate of drug-likeness (QED) is 0.222. The molecule has 2 aliphatic heterocycles. The van der Waals surface area contributed by atoms with Gasteiger partial charge in [-0.05, 0) is 87.8 Å². The molecule has 8 nitrogen and oxygen atoms in total. The maximum absolute atomic E-state index is 6.22. The van der Waals surface area contributed by atoms with Gasteiger partial charge in [0.2, 0.25) is 0 Å². The van der Waals surface area contributed by atoms with E-state index in [1.807, 2.05) is 30.3 Å². The maximum Gasteiger partial charge on any atom is 0.163 e. The molecule has 0 spiro atoms. The van der Waals surface area contributed by atoms with E-state index in [2.05, 4.69) is 31.3 Å². The molecule has 2 aliphatic carbocycles. The Morgan fingerprint density at radius 2 is 1.53 bits per heavy atom. The number of fused-ring (bicyclic) bond motifs is 5. The van der Waals surface area contributed by atoms with Crippen molar-refractivity contribution >= 4 is 46.1 Å². The molecule has 0 amide bonds. The average molecular weight is 639 g/mol. The minimum absolute atomic E-state index is 0.392. The minimum atomic E-state index is 0.392. The highest BCUT2D eigenvalue weighted by molar-refractivity contribution is 7.80. The molecule has 4 heterocycles. The Hall–Kier alpha value is -2.82. The molecule has 0 bridgehead atoms. The smallest absolute Gasteiger partial charge is 0.163 e. The van der Waals surface area contributed by atoms with E-state index in [1.54, 1.807) is 0 Å². The molecule has 2 aromatic carbocycles. The SMILES string of the molecule is Clc1ccc2c(c1)COCc1nnc([C@H]3CC[C@H](c4onc5c4CCCC5)CC3)n1-2.S=C1COCc2cc(Cl)ccc2N1. The fraction of sp³-hybridized carbons (Fsp3) is 0.438. The van der Waals surface area contributed by atoms with E-state index in [0.717, 1.165) is 88.5 Å². The molecular weight excluding hydrogens is 605 g/mol. The molecule has 11 heteroatoms. The molecule has 1 fully saturated rings. The van der Waals surface area contributed by atoms with Gasteiger partial charge < -0.3 is 19.3 Å². The molecule has 4 aromatic rings. The lowest BCUT2D eigenvalue weighted by Crippen LogP contribution is -2.17. The number of nitrogens with one attached hydrogen (secondary N) is 1. The van der Waals surface area contributed by atoms with E-state index in [0.29, 0.717) is 43.3 Å². The summed E-state index contributed by atoms with van der Waals surface area (Å²) in [5, 5.41) is 18.0. The summed E-state index contributed by atoms with van der Waals surface area (Å²) in [5.41, 5.74) is 6.84. The molecule has 2 aromatic heterocycles.